The minimum atomic E-state index is -3.26. The molecule has 6 nitrogen and oxygen atoms in total. The summed E-state index contributed by atoms with van der Waals surface area (Å²) in [5.41, 5.74) is 5.71. The van der Waals surface area contributed by atoms with Crippen LogP contribution in [0.5, 0.6) is 11.6 Å². The highest BCUT2D eigenvalue weighted by molar-refractivity contribution is 7.90. The smallest absolute Gasteiger partial charge is 0.238 e. The van der Waals surface area contributed by atoms with Crippen molar-refractivity contribution < 1.29 is 13.2 Å². The van der Waals surface area contributed by atoms with E-state index in [-0.39, 0.29) is 21.6 Å². The van der Waals surface area contributed by atoms with Crippen molar-refractivity contribution in [3.63, 3.8) is 0 Å². The monoisotopic (exact) mass is 325 g/mol. The summed E-state index contributed by atoms with van der Waals surface area (Å²) >= 11 is 6.05. The largest absolute Gasteiger partial charge is 0.438 e. The van der Waals surface area contributed by atoms with E-state index in [1.165, 1.54) is 36.5 Å². The van der Waals surface area contributed by atoms with E-state index in [0.717, 1.165) is 6.26 Å². The predicted molar refractivity (Wildman–Crippen MR) is 79.9 cm³/mol. The molecule has 0 saturated carbocycles. The van der Waals surface area contributed by atoms with Gasteiger partial charge in [0.05, 0.1) is 4.90 Å². The van der Waals surface area contributed by atoms with Gasteiger partial charge in [0.1, 0.15) is 16.6 Å². The van der Waals surface area contributed by atoms with Crippen LogP contribution in [-0.2, 0) is 9.84 Å². The molecule has 2 aromatic rings. The summed E-state index contributed by atoms with van der Waals surface area (Å²) in [7, 11) is -3.26. The third-order valence-corrected chi connectivity index (χ3v) is 4.11. The maximum atomic E-state index is 11.4. The Kier molecular flexibility index (Phi) is 4.15. The Morgan fingerprint density at radius 2 is 1.90 bits per heavy atom. The number of sulfone groups is 1. The Labute approximate surface area is 127 Å². The van der Waals surface area contributed by atoms with Gasteiger partial charge in [0.25, 0.3) is 0 Å². The van der Waals surface area contributed by atoms with Crippen molar-refractivity contribution in [2.24, 2.45) is 5.73 Å². The van der Waals surface area contributed by atoms with Gasteiger partial charge in [-0.15, -0.1) is 0 Å². The van der Waals surface area contributed by atoms with E-state index in [9.17, 15) is 8.42 Å². The molecule has 0 aliphatic carbocycles. The average Bonchev–Trinajstić information content (AvgIpc) is 2.40. The van der Waals surface area contributed by atoms with Gasteiger partial charge >= 0.3 is 0 Å². The van der Waals surface area contributed by atoms with Crippen LogP contribution in [0.4, 0.5) is 0 Å². The molecule has 1 aromatic heterocycles. The van der Waals surface area contributed by atoms with Crippen molar-refractivity contribution in [2.45, 2.75) is 4.90 Å². The molecule has 0 saturated heterocycles. The van der Waals surface area contributed by atoms with Gasteiger partial charge in [0.15, 0.2) is 9.84 Å². The first kappa shape index (κ1) is 15.3. The lowest BCUT2D eigenvalue weighted by Crippen LogP contribution is -2.12. The quantitative estimate of drug-likeness (QED) is 0.662. The van der Waals surface area contributed by atoms with Gasteiger partial charge in [-0.2, -0.15) is 0 Å². The van der Waals surface area contributed by atoms with Gasteiger partial charge in [-0.05, 0) is 30.3 Å². The van der Waals surface area contributed by atoms with Crippen LogP contribution in [0.1, 0.15) is 5.56 Å². The highest BCUT2D eigenvalue weighted by Crippen LogP contribution is 2.30. The molecule has 0 atom stereocenters. The van der Waals surface area contributed by atoms with E-state index in [2.05, 4.69) is 4.98 Å². The third kappa shape index (κ3) is 3.50. The third-order valence-electron chi connectivity index (χ3n) is 2.61. The second-order valence-electron chi connectivity index (χ2n) is 4.24. The Morgan fingerprint density at radius 1 is 1.29 bits per heavy atom. The van der Waals surface area contributed by atoms with Gasteiger partial charge in [0, 0.05) is 18.0 Å². The molecular weight excluding hydrogens is 314 g/mol. The molecule has 0 aliphatic heterocycles. The maximum absolute atomic E-state index is 11.4. The second kappa shape index (κ2) is 5.71. The first-order valence-electron chi connectivity index (χ1n) is 5.76. The number of rotatable bonds is 4. The average molecular weight is 326 g/mol. The number of hydrogen-bond acceptors (Lipinski definition) is 5. The molecule has 3 N–H and O–H groups in total. The van der Waals surface area contributed by atoms with Crippen molar-refractivity contribution in [3.05, 3.63) is 47.1 Å². The van der Waals surface area contributed by atoms with Gasteiger partial charge in [-0.25, -0.2) is 13.4 Å². The fourth-order valence-electron chi connectivity index (χ4n) is 1.57. The van der Waals surface area contributed by atoms with Crippen LogP contribution in [-0.4, -0.2) is 25.5 Å². The van der Waals surface area contributed by atoms with Gasteiger partial charge in [0.2, 0.25) is 5.88 Å². The van der Waals surface area contributed by atoms with Crippen LogP contribution in [0.15, 0.2) is 41.4 Å². The fourth-order valence-corrected chi connectivity index (χ4v) is 2.45. The van der Waals surface area contributed by atoms with Crippen LogP contribution in [0.3, 0.4) is 0 Å². The van der Waals surface area contributed by atoms with Crippen LogP contribution in [0.2, 0.25) is 5.02 Å². The number of aromatic nitrogens is 1. The van der Waals surface area contributed by atoms with E-state index in [0.29, 0.717) is 11.3 Å². The lowest BCUT2D eigenvalue weighted by molar-refractivity contribution is 0.462. The zero-order chi connectivity index (χ0) is 15.6. The number of nitrogens with zero attached hydrogens (tertiary/aromatic N) is 1. The lowest BCUT2D eigenvalue weighted by Gasteiger charge is -2.09. The molecule has 1 aromatic carbocycles. The Balaban J connectivity index is 2.31. The van der Waals surface area contributed by atoms with E-state index in [1.54, 1.807) is 0 Å². The minimum Gasteiger partial charge on any atom is -0.438 e. The summed E-state index contributed by atoms with van der Waals surface area (Å²) < 4.78 is 28.2. The summed E-state index contributed by atoms with van der Waals surface area (Å²) in [4.78, 5) is 4.15. The van der Waals surface area contributed by atoms with E-state index < -0.39 is 9.84 Å². The number of halogens is 1. The van der Waals surface area contributed by atoms with Crippen molar-refractivity contribution in [1.82, 2.24) is 4.98 Å². The van der Waals surface area contributed by atoms with Crippen molar-refractivity contribution in [2.75, 3.05) is 6.26 Å². The number of nitrogens with one attached hydrogen (secondary N) is 1. The highest BCUT2D eigenvalue weighted by atomic mass is 35.5. The molecular formula is C13H12ClN3O3S. The van der Waals surface area contributed by atoms with Crippen molar-refractivity contribution in [1.29, 1.82) is 5.41 Å². The molecule has 1 heterocycles. The SMILES string of the molecule is CS(=O)(=O)c1ccc(Oc2nccc(C(=N)N)c2Cl)cc1. The topological polar surface area (TPSA) is 106 Å². The molecule has 0 unspecified atom stereocenters. The number of pyridine rings is 1. The molecule has 110 valence electrons. The summed E-state index contributed by atoms with van der Waals surface area (Å²) in [6.07, 6.45) is 2.54. The summed E-state index contributed by atoms with van der Waals surface area (Å²) in [6, 6.07) is 7.34. The Bertz CT molecular complexity index is 789. The number of nitrogens with two attached hydrogens (primary N) is 1. The molecule has 8 heteroatoms. The predicted octanol–water partition coefficient (Wildman–Crippen LogP) is 2.21. The molecule has 0 radical (unpaired) electrons. The molecule has 0 fully saturated rings. The summed E-state index contributed by atoms with van der Waals surface area (Å²) in [5, 5.41) is 7.52. The van der Waals surface area contributed by atoms with Crippen LogP contribution >= 0.6 is 11.6 Å². The number of hydrogen-bond donors (Lipinski definition) is 2. The molecule has 0 aliphatic rings. The van der Waals surface area contributed by atoms with Crippen molar-refractivity contribution >= 4 is 27.3 Å². The number of benzene rings is 1. The second-order valence-corrected chi connectivity index (χ2v) is 6.63. The Hall–Kier alpha value is -2.12. The van der Waals surface area contributed by atoms with E-state index in [4.69, 9.17) is 27.5 Å². The maximum Gasteiger partial charge on any atom is 0.238 e. The molecule has 0 spiro atoms. The normalized spacial score (nSPS) is 11.1. The minimum absolute atomic E-state index is 0.0940. The molecule has 0 bridgehead atoms. The summed E-state index contributed by atoms with van der Waals surface area (Å²) in [5.74, 6) is 0.272. The Morgan fingerprint density at radius 3 is 2.43 bits per heavy atom. The van der Waals surface area contributed by atoms with E-state index in [1.807, 2.05) is 0 Å². The number of amidine groups is 1. The number of nitrogen functional groups attached to an aromatic ring is 1. The number of ether oxygens (including phenoxy) is 1. The van der Waals surface area contributed by atoms with Gasteiger partial charge < -0.3 is 10.5 Å². The zero-order valence-electron chi connectivity index (χ0n) is 11.0. The van der Waals surface area contributed by atoms with Gasteiger partial charge in [-0.3, -0.25) is 5.41 Å². The van der Waals surface area contributed by atoms with Crippen LogP contribution in [0, 0.1) is 5.41 Å². The van der Waals surface area contributed by atoms with Crippen LogP contribution in [0.25, 0.3) is 0 Å². The zero-order valence-corrected chi connectivity index (χ0v) is 12.6. The molecule has 21 heavy (non-hydrogen) atoms. The van der Waals surface area contributed by atoms with Gasteiger partial charge in [-0.1, -0.05) is 11.6 Å². The standard InChI is InChI=1S/C13H12ClN3O3S/c1-21(18,19)9-4-2-8(3-5-9)20-13-11(14)10(12(15)16)6-7-17-13/h2-7H,1H3,(H3,15,16). The van der Waals surface area contributed by atoms with Crippen molar-refractivity contribution in [3.8, 4) is 11.6 Å². The molecule has 0 amide bonds. The highest BCUT2D eigenvalue weighted by Gasteiger charge is 2.12. The van der Waals surface area contributed by atoms with E-state index >= 15 is 0 Å². The first-order valence-corrected chi connectivity index (χ1v) is 8.03. The molecule has 2 rings (SSSR count). The summed E-state index contributed by atoms with van der Waals surface area (Å²) in [6.45, 7) is 0. The van der Waals surface area contributed by atoms with Crippen LogP contribution < -0.4 is 10.5 Å². The first-order chi connectivity index (χ1) is 9.79. The lowest BCUT2D eigenvalue weighted by atomic mass is 10.2. The fraction of sp³-hybridized carbons (Fsp3) is 0.0769.